The fourth-order valence-electron chi connectivity index (χ4n) is 2.42. The number of nitrogens with two attached hydrogens (primary N) is 1. The van der Waals surface area contributed by atoms with Crippen molar-refractivity contribution in [3.63, 3.8) is 0 Å². The minimum absolute atomic E-state index is 0.328. The van der Waals surface area contributed by atoms with Crippen molar-refractivity contribution in [1.29, 1.82) is 0 Å². The van der Waals surface area contributed by atoms with Crippen LogP contribution in [0.4, 0.5) is 11.8 Å². The summed E-state index contributed by atoms with van der Waals surface area (Å²) in [5.74, 6) is 1.17. The van der Waals surface area contributed by atoms with Crippen molar-refractivity contribution in [3.8, 4) is 0 Å². The van der Waals surface area contributed by atoms with Crippen molar-refractivity contribution in [1.82, 2.24) is 9.97 Å². The van der Waals surface area contributed by atoms with Gasteiger partial charge in [-0.3, -0.25) is 0 Å². The maximum absolute atomic E-state index is 5.75. The smallest absolute Gasteiger partial charge is 0.223 e. The minimum atomic E-state index is 0.328. The minimum Gasteiger partial charge on any atom is -0.378 e. The quantitative estimate of drug-likeness (QED) is 0.899. The highest BCUT2D eigenvalue weighted by molar-refractivity contribution is 7.18. The van der Waals surface area contributed by atoms with Gasteiger partial charge in [0.05, 0.1) is 11.5 Å². The Morgan fingerprint density at radius 3 is 3.21 bits per heavy atom. The highest BCUT2D eigenvalue weighted by Gasteiger charge is 2.15. The Labute approximate surface area is 116 Å². The van der Waals surface area contributed by atoms with Gasteiger partial charge in [0.2, 0.25) is 5.95 Å². The summed E-state index contributed by atoms with van der Waals surface area (Å²) in [6.45, 7) is 3.82. The zero-order valence-electron chi connectivity index (χ0n) is 11.0. The number of nitrogens with one attached hydrogen (secondary N) is 1. The molecule has 1 aliphatic rings. The van der Waals surface area contributed by atoms with E-state index in [1.807, 2.05) is 0 Å². The second-order valence-corrected chi connectivity index (χ2v) is 6.09. The van der Waals surface area contributed by atoms with Crippen LogP contribution < -0.4 is 11.1 Å². The Hall–Kier alpha value is -1.40. The Morgan fingerprint density at radius 2 is 2.42 bits per heavy atom. The van der Waals surface area contributed by atoms with E-state index in [9.17, 15) is 0 Å². The van der Waals surface area contributed by atoms with Crippen LogP contribution in [0.25, 0.3) is 10.2 Å². The lowest BCUT2D eigenvalue weighted by atomic mass is 10.2. The fourth-order valence-corrected chi connectivity index (χ4v) is 3.30. The van der Waals surface area contributed by atoms with Gasteiger partial charge in [0.1, 0.15) is 10.6 Å². The number of anilines is 2. The summed E-state index contributed by atoms with van der Waals surface area (Å²) in [7, 11) is 0. The molecule has 0 bridgehead atoms. The number of aryl methyl sites for hydroxylation is 1. The Kier molecular flexibility index (Phi) is 3.52. The molecule has 1 aliphatic heterocycles. The van der Waals surface area contributed by atoms with Crippen LogP contribution in [0.5, 0.6) is 0 Å². The van der Waals surface area contributed by atoms with Crippen LogP contribution in [-0.4, -0.2) is 29.2 Å². The molecule has 2 aromatic heterocycles. The van der Waals surface area contributed by atoms with Crippen molar-refractivity contribution in [2.75, 3.05) is 24.2 Å². The number of nitrogens with zero attached hydrogens (tertiary/aromatic N) is 2. The van der Waals surface area contributed by atoms with Gasteiger partial charge in [-0.05, 0) is 32.3 Å². The third kappa shape index (κ3) is 2.79. The Balaban J connectivity index is 1.72. The van der Waals surface area contributed by atoms with Crippen LogP contribution in [0.3, 0.4) is 0 Å². The molecule has 6 heteroatoms. The molecule has 0 radical (unpaired) electrons. The van der Waals surface area contributed by atoms with Crippen LogP contribution in [-0.2, 0) is 4.74 Å². The van der Waals surface area contributed by atoms with Gasteiger partial charge in [-0.2, -0.15) is 4.98 Å². The SMILES string of the molecule is Cc1cc2c(NCCC3CCCO3)nc(N)nc2s1. The van der Waals surface area contributed by atoms with Gasteiger partial charge in [0.25, 0.3) is 0 Å². The van der Waals surface area contributed by atoms with Crippen LogP contribution in [0.15, 0.2) is 6.07 Å². The Bertz CT molecular complexity index is 577. The molecule has 0 amide bonds. The zero-order chi connectivity index (χ0) is 13.2. The van der Waals surface area contributed by atoms with E-state index in [4.69, 9.17) is 10.5 Å². The van der Waals surface area contributed by atoms with E-state index in [1.165, 1.54) is 17.7 Å². The summed E-state index contributed by atoms with van der Waals surface area (Å²) in [6.07, 6.45) is 3.75. The molecule has 102 valence electrons. The van der Waals surface area contributed by atoms with E-state index in [0.29, 0.717) is 12.1 Å². The molecule has 1 saturated heterocycles. The lowest BCUT2D eigenvalue weighted by Crippen LogP contribution is -2.13. The Morgan fingerprint density at radius 1 is 1.53 bits per heavy atom. The lowest BCUT2D eigenvalue weighted by molar-refractivity contribution is 0.107. The molecule has 0 aromatic carbocycles. The second kappa shape index (κ2) is 5.30. The predicted molar refractivity (Wildman–Crippen MR) is 78.6 cm³/mol. The van der Waals surface area contributed by atoms with Crippen LogP contribution in [0.1, 0.15) is 24.1 Å². The van der Waals surface area contributed by atoms with Gasteiger partial charge < -0.3 is 15.8 Å². The van der Waals surface area contributed by atoms with Crippen LogP contribution in [0.2, 0.25) is 0 Å². The van der Waals surface area contributed by atoms with Crippen molar-refractivity contribution in [2.24, 2.45) is 0 Å². The summed E-state index contributed by atoms with van der Waals surface area (Å²) < 4.78 is 5.61. The molecular formula is C13H18N4OS. The molecule has 1 unspecified atom stereocenters. The summed E-state index contributed by atoms with van der Waals surface area (Å²) in [5, 5.41) is 4.42. The average Bonchev–Trinajstić information content (AvgIpc) is 2.97. The van der Waals surface area contributed by atoms with Gasteiger partial charge >= 0.3 is 0 Å². The number of hydrogen-bond acceptors (Lipinski definition) is 6. The molecule has 1 fully saturated rings. The van der Waals surface area contributed by atoms with E-state index >= 15 is 0 Å². The van der Waals surface area contributed by atoms with E-state index < -0.39 is 0 Å². The topological polar surface area (TPSA) is 73.1 Å². The molecule has 5 nitrogen and oxygen atoms in total. The van der Waals surface area contributed by atoms with Gasteiger partial charge in [0.15, 0.2) is 0 Å². The van der Waals surface area contributed by atoms with E-state index in [0.717, 1.165) is 35.6 Å². The number of nitrogen functional groups attached to an aromatic ring is 1. The fraction of sp³-hybridized carbons (Fsp3) is 0.538. The molecular weight excluding hydrogens is 260 g/mol. The average molecular weight is 278 g/mol. The van der Waals surface area contributed by atoms with E-state index in [2.05, 4.69) is 28.3 Å². The van der Waals surface area contributed by atoms with Crippen molar-refractivity contribution >= 4 is 33.3 Å². The first-order valence-electron chi connectivity index (χ1n) is 6.61. The molecule has 0 saturated carbocycles. The molecule has 1 atom stereocenters. The maximum Gasteiger partial charge on any atom is 0.223 e. The van der Waals surface area contributed by atoms with Crippen molar-refractivity contribution in [3.05, 3.63) is 10.9 Å². The highest BCUT2D eigenvalue weighted by atomic mass is 32.1. The number of rotatable bonds is 4. The monoisotopic (exact) mass is 278 g/mol. The number of hydrogen-bond donors (Lipinski definition) is 2. The predicted octanol–water partition coefficient (Wildman–Crippen LogP) is 2.56. The third-order valence-corrected chi connectivity index (χ3v) is 4.26. The van der Waals surface area contributed by atoms with Crippen LogP contribution >= 0.6 is 11.3 Å². The highest BCUT2D eigenvalue weighted by Crippen LogP contribution is 2.29. The molecule has 0 spiro atoms. The number of thiophene rings is 1. The number of ether oxygens (including phenoxy) is 1. The summed E-state index contributed by atoms with van der Waals surface area (Å²) >= 11 is 1.64. The van der Waals surface area contributed by atoms with Crippen LogP contribution in [0, 0.1) is 6.92 Å². The lowest BCUT2D eigenvalue weighted by Gasteiger charge is -2.11. The molecule has 2 aromatic rings. The van der Waals surface area contributed by atoms with E-state index in [1.54, 1.807) is 11.3 Å². The number of fused-ring (bicyclic) bond motifs is 1. The maximum atomic E-state index is 5.75. The zero-order valence-corrected chi connectivity index (χ0v) is 11.8. The standard InChI is InChI=1S/C13H18N4OS/c1-8-7-10-11(16-13(14)17-12(10)19-8)15-5-4-9-3-2-6-18-9/h7,9H,2-6H2,1H3,(H3,14,15,16,17). The van der Waals surface area contributed by atoms with Gasteiger partial charge in [-0.15, -0.1) is 11.3 Å². The molecule has 3 rings (SSSR count). The van der Waals surface area contributed by atoms with Gasteiger partial charge in [-0.1, -0.05) is 0 Å². The molecule has 3 N–H and O–H groups in total. The van der Waals surface area contributed by atoms with Gasteiger partial charge in [-0.25, -0.2) is 4.98 Å². The first-order chi connectivity index (χ1) is 9.22. The van der Waals surface area contributed by atoms with E-state index in [-0.39, 0.29) is 0 Å². The van der Waals surface area contributed by atoms with Crippen molar-refractivity contribution in [2.45, 2.75) is 32.3 Å². The summed E-state index contributed by atoms with van der Waals surface area (Å²) in [4.78, 5) is 10.7. The molecule has 0 aliphatic carbocycles. The molecule has 3 heterocycles. The first-order valence-corrected chi connectivity index (χ1v) is 7.43. The first kappa shape index (κ1) is 12.6. The van der Waals surface area contributed by atoms with Crippen molar-refractivity contribution < 1.29 is 4.74 Å². The van der Waals surface area contributed by atoms with Gasteiger partial charge in [0, 0.05) is 18.0 Å². The normalized spacial score (nSPS) is 19.1. The summed E-state index contributed by atoms with van der Waals surface area (Å²) in [5.41, 5.74) is 5.75. The number of aromatic nitrogens is 2. The largest absolute Gasteiger partial charge is 0.378 e. The third-order valence-electron chi connectivity index (χ3n) is 3.32. The second-order valence-electron chi connectivity index (χ2n) is 4.86. The molecule has 19 heavy (non-hydrogen) atoms. The summed E-state index contributed by atoms with van der Waals surface area (Å²) in [6, 6.07) is 2.11.